The Hall–Kier alpha value is -2.52. The average Bonchev–Trinajstić information content (AvgIpc) is 3.12. The predicted molar refractivity (Wildman–Crippen MR) is 114 cm³/mol. The van der Waals surface area contributed by atoms with Gasteiger partial charge in [0, 0.05) is 26.2 Å². The lowest BCUT2D eigenvalue weighted by atomic mass is 10.1. The summed E-state index contributed by atoms with van der Waals surface area (Å²) in [7, 11) is 0. The van der Waals surface area contributed by atoms with Crippen LogP contribution in [0.2, 0.25) is 0 Å². The maximum Gasteiger partial charge on any atom is 0.573 e. The molecule has 31 heavy (non-hydrogen) atoms. The minimum atomic E-state index is -4.66. The quantitative estimate of drug-likeness (QED) is 0.447. The molecule has 1 aliphatic rings. The number of thiazole rings is 1. The first-order chi connectivity index (χ1) is 14.9. The fourth-order valence-corrected chi connectivity index (χ4v) is 4.62. The van der Waals surface area contributed by atoms with Crippen molar-refractivity contribution >= 4 is 27.2 Å². The fraction of sp³-hybridized carbons (Fsp3) is 0.409. The van der Waals surface area contributed by atoms with E-state index < -0.39 is 6.36 Å². The zero-order valence-electron chi connectivity index (χ0n) is 16.9. The Morgan fingerprint density at radius 3 is 2.45 bits per heavy atom. The van der Waals surface area contributed by atoms with Gasteiger partial charge in [0.15, 0.2) is 0 Å². The summed E-state index contributed by atoms with van der Waals surface area (Å²) in [6.07, 6.45) is -1.82. The van der Waals surface area contributed by atoms with Crippen LogP contribution in [-0.4, -0.2) is 49.0 Å². The summed E-state index contributed by atoms with van der Waals surface area (Å²) < 4.78 is 41.5. The molecule has 2 aromatic carbocycles. The summed E-state index contributed by atoms with van der Waals surface area (Å²) in [6, 6.07) is 12.0. The van der Waals surface area contributed by atoms with Crippen molar-refractivity contribution in [1.29, 1.82) is 0 Å². The number of ether oxygens (including phenoxy) is 1. The van der Waals surface area contributed by atoms with Gasteiger partial charge >= 0.3 is 11.6 Å². The van der Waals surface area contributed by atoms with Crippen LogP contribution in [-0.2, 0) is 11.5 Å². The molecule has 2 heterocycles. The normalized spacial score (nSPS) is 15.5. The molecule has 0 N–H and O–H groups in total. The molecule has 4 rings (SSSR count). The van der Waals surface area contributed by atoms with E-state index in [2.05, 4.69) is 19.5 Å². The maximum atomic E-state index is 12.2. The minimum Gasteiger partial charge on any atom is -0.406 e. The number of rotatable bonds is 7. The maximum absolute atomic E-state index is 12.2. The van der Waals surface area contributed by atoms with Gasteiger partial charge in [0.25, 0.3) is 0 Å². The summed E-state index contributed by atoms with van der Waals surface area (Å²) >= 11 is 1.18. The molecule has 0 amide bonds. The Labute approximate surface area is 182 Å². The molecule has 165 valence electrons. The van der Waals surface area contributed by atoms with E-state index in [-0.39, 0.29) is 10.9 Å². The number of fused-ring (bicyclic) bond motifs is 1. The van der Waals surface area contributed by atoms with Crippen molar-refractivity contribution < 1.29 is 23.0 Å². The second-order valence-electron chi connectivity index (χ2n) is 7.58. The van der Waals surface area contributed by atoms with Gasteiger partial charge in [-0.25, -0.2) is 0 Å². The van der Waals surface area contributed by atoms with Gasteiger partial charge in [-0.1, -0.05) is 29.5 Å². The number of hydrogen-bond acceptors (Lipinski definition) is 5. The molecule has 0 aliphatic carbocycles. The highest BCUT2D eigenvalue weighted by atomic mass is 32.1. The molecular formula is C22H23F3N3O2S. The molecule has 0 saturated carbocycles. The topological polar surface area (TPSA) is 48.5 Å². The Morgan fingerprint density at radius 1 is 1.00 bits per heavy atom. The lowest BCUT2D eigenvalue weighted by Gasteiger charge is -2.36. The standard InChI is InChI=1S/C22H23F3N3O2S/c23-22(24,25)30-17-9-7-16(8-10-17)4-1-2-11-27-12-14-28(15-13-27)18-5-3-6-19-20(18)26-21(29)31-19/h3,5-10H,1-2,4,11-15H2. The van der Waals surface area contributed by atoms with Crippen molar-refractivity contribution in [3.8, 4) is 10.9 Å². The highest BCUT2D eigenvalue weighted by Crippen LogP contribution is 2.34. The van der Waals surface area contributed by atoms with Crippen LogP contribution in [0.25, 0.3) is 10.2 Å². The van der Waals surface area contributed by atoms with Crippen molar-refractivity contribution in [2.75, 3.05) is 37.6 Å². The number of nitrogens with zero attached hydrogens (tertiary/aromatic N) is 3. The molecule has 0 bridgehead atoms. The van der Waals surface area contributed by atoms with Crippen molar-refractivity contribution in [2.45, 2.75) is 25.6 Å². The summed E-state index contributed by atoms with van der Waals surface area (Å²) in [4.78, 5) is 8.89. The van der Waals surface area contributed by atoms with Crippen molar-refractivity contribution in [3.63, 3.8) is 0 Å². The van der Waals surface area contributed by atoms with Crippen LogP contribution in [0.3, 0.4) is 0 Å². The number of aryl methyl sites for hydroxylation is 1. The van der Waals surface area contributed by atoms with Crippen LogP contribution in [0, 0.1) is 0 Å². The number of piperazine rings is 1. The molecule has 5 nitrogen and oxygen atoms in total. The van der Waals surface area contributed by atoms with E-state index in [0.29, 0.717) is 0 Å². The van der Waals surface area contributed by atoms with E-state index in [0.717, 1.165) is 73.5 Å². The number of benzene rings is 2. The van der Waals surface area contributed by atoms with E-state index in [4.69, 9.17) is 0 Å². The van der Waals surface area contributed by atoms with Crippen molar-refractivity contribution in [1.82, 2.24) is 9.88 Å². The van der Waals surface area contributed by atoms with Gasteiger partial charge in [-0.3, -0.25) is 10.0 Å². The first-order valence-electron chi connectivity index (χ1n) is 10.3. The molecule has 0 atom stereocenters. The largest absolute Gasteiger partial charge is 0.573 e. The van der Waals surface area contributed by atoms with Crippen molar-refractivity contribution in [2.24, 2.45) is 0 Å². The number of para-hydroxylation sites is 1. The van der Waals surface area contributed by atoms with Gasteiger partial charge in [0.2, 0.25) is 0 Å². The molecule has 1 aliphatic heterocycles. The smallest absolute Gasteiger partial charge is 0.406 e. The van der Waals surface area contributed by atoms with Gasteiger partial charge in [0.1, 0.15) is 11.3 Å². The van der Waals surface area contributed by atoms with Crippen LogP contribution >= 0.6 is 11.3 Å². The Kier molecular flexibility index (Phi) is 6.52. The first-order valence-corrected chi connectivity index (χ1v) is 11.1. The van der Waals surface area contributed by atoms with Crippen molar-refractivity contribution in [3.05, 3.63) is 48.0 Å². The summed E-state index contributed by atoms with van der Waals surface area (Å²) in [5.41, 5.74) is 2.85. The SMILES string of the molecule is [O]c1nc2c(N3CCN(CCCCc4ccc(OC(F)(F)F)cc4)CC3)cccc2s1. The van der Waals surface area contributed by atoms with Crippen LogP contribution in [0.1, 0.15) is 18.4 Å². The second kappa shape index (κ2) is 9.32. The van der Waals surface area contributed by atoms with Crippen LogP contribution < -0.4 is 9.64 Å². The number of unbranched alkanes of at least 4 members (excludes halogenated alkanes) is 1. The third kappa shape index (κ3) is 5.80. The summed E-state index contributed by atoms with van der Waals surface area (Å²) in [6.45, 7) is 4.69. The molecule has 3 aromatic rings. The monoisotopic (exact) mass is 450 g/mol. The van der Waals surface area contributed by atoms with Gasteiger partial charge in [-0.05, 0) is 55.6 Å². The average molecular weight is 451 g/mol. The number of anilines is 1. The van der Waals surface area contributed by atoms with Crippen LogP contribution in [0.5, 0.6) is 10.9 Å². The van der Waals surface area contributed by atoms with Gasteiger partial charge in [0.05, 0.1) is 10.4 Å². The number of hydrogen-bond donors (Lipinski definition) is 0. The molecule has 0 unspecified atom stereocenters. The van der Waals surface area contributed by atoms with Crippen LogP contribution in [0.15, 0.2) is 42.5 Å². The number of aromatic nitrogens is 1. The lowest BCUT2D eigenvalue weighted by Crippen LogP contribution is -2.46. The number of alkyl halides is 3. The molecule has 1 radical (unpaired) electrons. The zero-order valence-corrected chi connectivity index (χ0v) is 17.7. The molecule has 9 heteroatoms. The van der Waals surface area contributed by atoms with E-state index in [9.17, 15) is 18.3 Å². The fourth-order valence-electron chi connectivity index (χ4n) is 3.90. The Balaban J connectivity index is 1.19. The Morgan fingerprint density at radius 2 is 1.74 bits per heavy atom. The molecule has 0 spiro atoms. The highest BCUT2D eigenvalue weighted by molar-refractivity contribution is 7.20. The van der Waals surface area contributed by atoms with Gasteiger partial charge in [-0.15, -0.1) is 13.2 Å². The van der Waals surface area contributed by atoms with E-state index >= 15 is 0 Å². The summed E-state index contributed by atoms with van der Waals surface area (Å²) in [5.74, 6) is -0.186. The van der Waals surface area contributed by atoms with Crippen LogP contribution in [0.4, 0.5) is 18.9 Å². The molecular weight excluding hydrogens is 427 g/mol. The lowest BCUT2D eigenvalue weighted by molar-refractivity contribution is -0.274. The van der Waals surface area contributed by atoms with Gasteiger partial charge < -0.3 is 9.64 Å². The first kappa shape index (κ1) is 21.7. The van der Waals surface area contributed by atoms with Gasteiger partial charge in [-0.2, -0.15) is 4.98 Å². The molecule has 1 aromatic heterocycles. The van der Waals surface area contributed by atoms with E-state index in [1.165, 1.54) is 23.5 Å². The zero-order chi connectivity index (χ0) is 21.8. The predicted octanol–water partition coefficient (Wildman–Crippen LogP) is 5.48. The second-order valence-corrected chi connectivity index (χ2v) is 8.57. The minimum absolute atomic E-state index is 0.149. The highest BCUT2D eigenvalue weighted by Gasteiger charge is 2.30. The summed E-state index contributed by atoms with van der Waals surface area (Å²) in [5, 5.41) is 11.5. The van der Waals surface area contributed by atoms with E-state index in [1.807, 2.05) is 18.2 Å². The van der Waals surface area contributed by atoms with E-state index in [1.54, 1.807) is 12.1 Å². The Bertz CT molecular complexity index is 999. The third-order valence-electron chi connectivity index (χ3n) is 5.44. The number of halogens is 3. The molecule has 1 fully saturated rings. The third-order valence-corrected chi connectivity index (χ3v) is 6.25. The molecule has 1 saturated heterocycles.